The number of nitrogens with one attached hydrogen (secondary N) is 1. The molecule has 1 aliphatic heterocycles. The van der Waals surface area contributed by atoms with E-state index in [-0.39, 0.29) is 0 Å². The fourth-order valence-electron chi connectivity index (χ4n) is 3.13. The monoisotopic (exact) mass is 288 g/mol. The summed E-state index contributed by atoms with van der Waals surface area (Å²) < 4.78 is 0. The van der Waals surface area contributed by atoms with Crippen LogP contribution in [0.15, 0.2) is 24.3 Å². The first-order chi connectivity index (χ1) is 10.00. The van der Waals surface area contributed by atoms with E-state index in [9.17, 15) is 0 Å². The highest BCUT2D eigenvalue weighted by atomic mass is 15.1. The van der Waals surface area contributed by atoms with Crippen molar-refractivity contribution in [3.05, 3.63) is 35.4 Å². The Hall–Kier alpha value is -0.860. The lowest BCUT2D eigenvalue weighted by Gasteiger charge is -2.37. The van der Waals surface area contributed by atoms with Crippen LogP contribution in [0.1, 0.15) is 57.2 Å². The highest BCUT2D eigenvalue weighted by Crippen LogP contribution is 2.30. The average molecular weight is 288 g/mol. The molecule has 0 saturated carbocycles. The van der Waals surface area contributed by atoms with E-state index in [1.54, 1.807) is 0 Å². The highest BCUT2D eigenvalue weighted by molar-refractivity contribution is 5.24. The van der Waals surface area contributed by atoms with Gasteiger partial charge in [-0.2, -0.15) is 0 Å². The van der Waals surface area contributed by atoms with Crippen LogP contribution < -0.4 is 5.32 Å². The lowest BCUT2D eigenvalue weighted by atomic mass is 9.82. The number of aryl methyl sites for hydroxylation is 1. The van der Waals surface area contributed by atoms with Crippen molar-refractivity contribution in [2.45, 2.75) is 53.0 Å². The van der Waals surface area contributed by atoms with E-state index in [0.717, 1.165) is 6.54 Å². The Morgan fingerprint density at radius 2 is 1.76 bits per heavy atom. The first-order valence-corrected chi connectivity index (χ1v) is 8.52. The van der Waals surface area contributed by atoms with Crippen molar-refractivity contribution in [1.82, 2.24) is 10.2 Å². The summed E-state index contributed by atoms with van der Waals surface area (Å²) in [6, 6.07) is 9.50. The molecule has 2 nitrogen and oxygen atoms in total. The minimum Gasteiger partial charge on any atom is -0.310 e. The Labute approximate surface area is 130 Å². The molecule has 1 aromatic carbocycles. The maximum atomic E-state index is 3.65. The predicted octanol–water partition coefficient (Wildman–Crippen LogP) is 4.16. The van der Waals surface area contributed by atoms with Gasteiger partial charge >= 0.3 is 0 Å². The molecule has 0 amide bonds. The Morgan fingerprint density at radius 3 is 2.33 bits per heavy atom. The van der Waals surface area contributed by atoms with E-state index in [2.05, 4.69) is 62.2 Å². The van der Waals surface area contributed by atoms with Crippen LogP contribution in [-0.4, -0.2) is 31.1 Å². The maximum Gasteiger partial charge on any atom is 0.0332 e. The third-order valence-corrected chi connectivity index (χ3v) is 4.87. The Morgan fingerprint density at radius 1 is 1.14 bits per heavy atom. The summed E-state index contributed by atoms with van der Waals surface area (Å²) >= 11 is 0. The number of hydrogen-bond donors (Lipinski definition) is 1. The SMILES string of the molecule is CCNC(CCN1CCC(C)(C)CC1)c1ccc(C)cc1. The number of benzene rings is 1. The van der Waals surface area contributed by atoms with Gasteiger partial charge in [-0.1, -0.05) is 50.6 Å². The second-order valence-electron chi connectivity index (χ2n) is 7.32. The van der Waals surface area contributed by atoms with Crippen LogP contribution in [0.5, 0.6) is 0 Å². The van der Waals surface area contributed by atoms with Crippen molar-refractivity contribution in [3.63, 3.8) is 0 Å². The molecule has 2 rings (SSSR count). The normalized spacial score (nSPS) is 20.4. The zero-order valence-electron chi connectivity index (χ0n) is 14.3. The summed E-state index contributed by atoms with van der Waals surface area (Å²) in [7, 11) is 0. The van der Waals surface area contributed by atoms with Gasteiger partial charge in [0.15, 0.2) is 0 Å². The van der Waals surface area contributed by atoms with Crippen LogP contribution >= 0.6 is 0 Å². The summed E-state index contributed by atoms with van der Waals surface area (Å²) in [6.07, 6.45) is 3.88. The van der Waals surface area contributed by atoms with Gasteiger partial charge in [0, 0.05) is 6.04 Å². The maximum absolute atomic E-state index is 3.65. The molecule has 1 saturated heterocycles. The average Bonchev–Trinajstić information content (AvgIpc) is 2.46. The molecule has 1 atom stereocenters. The molecule has 21 heavy (non-hydrogen) atoms. The van der Waals surface area contributed by atoms with Crippen LogP contribution in [-0.2, 0) is 0 Å². The molecule has 2 heteroatoms. The Bertz CT molecular complexity index is 412. The van der Waals surface area contributed by atoms with Crippen molar-refractivity contribution >= 4 is 0 Å². The summed E-state index contributed by atoms with van der Waals surface area (Å²) in [5, 5.41) is 3.65. The largest absolute Gasteiger partial charge is 0.310 e. The van der Waals surface area contributed by atoms with E-state index in [0.29, 0.717) is 11.5 Å². The summed E-state index contributed by atoms with van der Waals surface area (Å²) in [5.41, 5.74) is 3.32. The number of rotatable bonds is 6. The number of nitrogens with zero attached hydrogens (tertiary/aromatic N) is 1. The van der Waals surface area contributed by atoms with Crippen LogP contribution in [0.4, 0.5) is 0 Å². The molecule has 118 valence electrons. The molecule has 1 fully saturated rings. The van der Waals surface area contributed by atoms with Crippen LogP contribution in [0, 0.1) is 12.3 Å². The molecule has 1 aliphatic rings. The third kappa shape index (κ3) is 5.12. The molecule has 1 aromatic rings. The minimum absolute atomic E-state index is 0.491. The van der Waals surface area contributed by atoms with E-state index in [1.807, 2.05) is 0 Å². The Kier molecular flexibility index (Phi) is 5.83. The number of hydrogen-bond acceptors (Lipinski definition) is 2. The van der Waals surface area contributed by atoms with Crippen LogP contribution in [0.2, 0.25) is 0 Å². The van der Waals surface area contributed by atoms with Gasteiger partial charge in [-0.15, -0.1) is 0 Å². The molecular weight excluding hydrogens is 256 g/mol. The first kappa shape index (κ1) is 16.5. The summed E-state index contributed by atoms with van der Waals surface area (Å²) in [6.45, 7) is 13.9. The highest BCUT2D eigenvalue weighted by Gasteiger charge is 2.25. The van der Waals surface area contributed by atoms with Gasteiger partial charge in [0.25, 0.3) is 0 Å². The number of piperidine rings is 1. The van der Waals surface area contributed by atoms with Gasteiger partial charge in [-0.3, -0.25) is 0 Å². The van der Waals surface area contributed by atoms with Crippen LogP contribution in [0.3, 0.4) is 0 Å². The van der Waals surface area contributed by atoms with Gasteiger partial charge in [0.2, 0.25) is 0 Å². The van der Waals surface area contributed by atoms with E-state index >= 15 is 0 Å². The number of likely N-dealkylation sites (tertiary alicyclic amines) is 1. The summed E-state index contributed by atoms with van der Waals surface area (Å²) in [5.74, 6) is 0. The second-order valence-corrected chi connectivity index (χ2v) is 7.32. The molecule has 1 N–H and O–H groups in total. The van der Waals surface area contributed by atoms with Crippen molar-refractivity contribution in [2.24, 2.45) is 5.41 Å². The van der Waals surface area contributed by atoms with Gasteiger partial charge < -0.3 is 10.2 Å². The first-order valence-electron chi connectivity index (χ1n) is 8.52. The standard InChI is InChI=1S/C19H32N2/c1-5-20-18(17-8-6-16(2)7-9-17)10-13-21-14-11-19(3,4)12-15-21/h6-9,18,20H,5,10-15H2,1-4H3. The molecule has 0 spiro atoms. The molecular formula is C19H32N2. The molecule has 1 heterocycles. The molecule has 1 unspecified atom stereocenters. The zero-order chi connectivity index (χ0) is 15.3. The van der Waals surface area contributed by atoms with Crippen molar-refractivity contribution in [2.75, 3.05) is 26.2 Å². The smallest absolute Gasteiger partial charge is 0.0332 e. The molecule has 0 radical (unpaired) electrons. The van der Waals surface area contributed by atoms with Crippen LogP contribution in [0.25, 0.3) is 0 Å². The minimum atomic E-state index is 0.491. The van der Waals surface area contributed by atoms with Gasteiger partial charge in [-0.05, 0) is 63.3 Å². The predicted molar refractivity (Wildman–Crippen MR) is 91.7 cm³/mol. The fourth-order valence-corrected chi connectivity index (χ4v) is 3.13. The second kappa shape index (κ2) is 7.42. The zero-order valence-corrected chi connectivity index (χ0v) is 14.3. The van der Waals surface area contributed by atoms with Gasteiger partial charge in [-0.25, -0.2) is 0 Å². The molecule has 0 aromatic heterocycles. The quantitative estimate of drug-likeness (QED) is 0.845. The van der Waals surface area contributed by atoms with E-state index in [1.165, 1.54) is 50.0 Å². The lowest BCUT2D eigenvalue weighted by molar-refractivity contribution is 0.128. The third-order valence-electron chi connectivity index (χ3n) is 4.87. The molecule has 0 bridgehead atoms. The summed E-state index contributed by atoms with van der Waals surface area (Å²) in [4.78, 5) is 2.64. The van der Waals surface area contributed by atoms with Gasteiger partial charge in [0.05, 0.1) is 0 Å². The van der Waals surface area contributed by atoms with E-state index < -0.39 is 0 Å². The Balaban J connectivity index is 1.87. The molecule has 0 aliphatic carbocycles. The fraction of sp³-hybridized carbons (Fsp3) is 0.684. The van der Waals surface area contributed by atoms with E-state index in [4.69, 9.17) is 0 Å². The van der Waals surface area contributed by atoms with Crippen molar-refractivity contribution in [1.29, 1.82) is 0 Å². The lowest BCUT2D eigenvalue weighted by Crippen LogP contribution is -2.39. The van der Waals surface area contributed by atoms with Crippen molar-refractivity contribution < 1.29 is 0 Å². The topological polar surface area (TPSA) is 15.3 Å². The van der Waals surface area contributed by atoms with Gasteiger partial charge in [0.1, 0.15) is 0 Å². The van der Waals surface area contributed by atoms with Crippen molar-refractivity contribution in [3.8, 4) is 0 Å².